The van der Waals surface area contributed by atoms with Gasteiger partial charge in [0.25, 0.3) is 0 Å². The second-order valence-electron chi connectivity index (χ2n) is 10.7. The maximum Gasteiger partial charge on any atom is 0.146 e. The van der Waals surface area contributed by atoms with E-state index in [0.717, 1.165) is 35.9 Å². The van der Waals surface area contributed by atoms with Gasteiger partial charge in [0.05, 0.1) is 11.9 Å². The molecule has 27 heavy (non-hydrogen) atoms. The molecule has 152 valence electrons. The van der Waals surface area contributed by atoms with Crippen LogP contribution in [0.25, 0.3) is 0 Å². The fourth-order valence-electron chi connectivity index (χ4n) is 8.90. The summed E-state index contributed by atoms with van der Waals surface area (Å²) in [6, 6.07) is 0. The summed E-state index contributed by atoms with van der Waals surface area (Å²) in [6.07, 6.45) is 17.0. The minimum absolute atomic E-state index is 0.408. The molecule has 5 aliphatic carbocycles. The molecule has 0 saturated heterocycles. The Morgan fingerprint density at radius 1 is 1.04 bits per heavy atom. The lowest BCUT2D eigenvalue weighted by Crippen LogP contribution is -2.55. The lowest BCUT2D eigenvalue weighted by atomic mass is 9.43. The quantitative estimate of drug-likeness (QED) is 0.630. The third-order valence-corrected chi connectivity index (χ3v) is 10.1. The first-order chi connectivity index (χ1) is 13.1. The van der Waals surface area contributed by atoms with Gasteiger partial charge in [0.2, 0.25) is 0 Å². The highest BCUT2D eigenvalue weighted by Gasteiger charge is 2.62. The molecule has 0 amide bonds. The minimum Gasteiger partial charge on any atom is -0.512 e. The van der Waals surface area contributed by atoms with E-state index >= 15 is 0 Å². The molecule has 4 saturated carbocycles. The number of rotatable bonds is 3. The Labute approximate surface area is 164 Å². The van der Waals surface area contributed by atoms with Crippen LogP contribution in [0.2, 0.25) is 0 Å². The van der Waals surface area contributed by atoms with Gasteiger partial charge in [0, 0.05) is 13.0 Å². The Morgan fingerprint density at radius 3 is 2.78 bits per heavy atom. The zero-order valence-corrected chi connectivity index (χ0v) is 17.3. The third-order valence-electron chi connectivity index (χ3n) is 10.1. The van der Waals surface area contributed by atoms with Gasteiger partial charge < -0.3 is 14.6 Å². The highest BCUT2D eigenvalue weighted by Crippen LogP contribution is 2.70. The number of hydrogen-bond donors (Lipinski definition) is 1. The molecule has 3 unspecified atom stereocenters. The fraction of sp³-hybridized carbons (Fsp3) is 0.917. The van der Waals surface area contributed by atoms with Gasteiger partial charge in [-0.3, -0.25) is 0 Å². The molecule has 5 rings (SSSR count). The summed E-state index contributed by atoms with van der Waals surface area (Å²) < 4.78 is 11.1. The van der Waals surface area contributed by atoms with Crippen LogP contribution in [0.1, 0.15) is 77.6 Å². The van der Waals surface area contributed by atoms with Crippen molar-refractivity contribution in [3.63, 3.8) is 0 Å². The van der Waals surface area contributed by atoms with Crippen LogP contribution in [0.5, 0.6) is 0 Å². The topological polar surface area (TPSA) is 38.7 Å². The summed E-state index contributed by atoms with van der Waals surface area (Å²) in [5, 5.41) is 10.6. The minimum atomic E-state index is 0.408. The molecule has 1 spiro atoms. The number of aliphatic hydroxyl groups excluding tert-OH is 1. The lowest BCUT2D eigenvalue weighted by Gasteiger charge is -2.62. The Balaban J connectivity index is 1.36. The summed E-state index contributed by atoms with van der Waals surface area (Å²) in [5.74, 6) is 4.76. The molecule has 5 aliphatic rings. The molecule has 3 nitrogen and oxygen atoms in total. The van der Waals surface area contributed by atoms with Gasteiger partial charge in [0.1, 0.15) is 6.79 Å². The molecule has 3 heteroatoms. The number of allylic oxidation sites excluding steroid dienone is 2. The number of fused-ring (bicyclic) bond motifs is 4. The highest BCUT2D eigenvalue weighted by atomic mass is 16.7. The average Bonchev–Trinajstić information content (AvgIpc) is 3.07. The smallest absolute Gasteiger partial charge is 0.146 e. The van der Waals surface area contributed by atoms with Crippen LogP contribution in [-0.4, -0.2) is 25.1 Å². The monoisotopic (exact) mass is 374 g/mol. The molecular formula is C24H38O3. The Bertz CT molecular complexity index is 600. The van der Waals surface area contributed by atoms with E-state index in [1.165, 1.54) is 64.2 Å². The van der Waals surface area contributed by atoms with Crippen LogP contribution < -0.4 is 0 Å². The summed E-state index contributed by atoms with van der Waals surface area (Å²) in [7, 11) is 1.73. The summed E-state index contributed by atoms with van der Waals surface area (Å²) in [4.78, 5) is 0. The van der Waals surface area contributed by atoms with Crippen molar-refractivity contribution in [2.45, 2.75) is 83.7 Å². The second kappa shape index (κ2) is 6.76. The van der Waals surface area contributed by atoms with Gasteiger partial charge in [-0.25, -0.2) is 0 Å². The van der Waals surface area contributed by atoms with E-state index in [4.69, 9.17) is 9.47 Å². The van der Waals surface area contributed by atoms with Crippen molar-refractivity contribution < 1.29 is 14.6 Å². The molecule has 0 radical (unpaired) electrons. The number of methoxy groups -OCH3 is 1. The van der Waals surface area contributed by atoms with Crippen LogP contribution in [0.15, 0.2) is 11.8 Å². The van der Waals surface area contributed by atoms with Crippen molar-refractivity contribution in [3.05, 3.63) is 11.8 Å². The first kappa shape index (κ1) is 18.5. The first-order valence-electron chi connectivity index (χ1n) is 11.6. The summed E-state index contributed by atoms with van der Waals surface area (Å²) in [5.41, 5.74) is 0.962. The maximum absolute atomic E-state index is 10.6. The Morgan fingerprint density at radius 2 is 1.93 bits per heavy atom. The predicted octanol–water partition coefficient (Wildman–Crippen LogP) is 5.85. The van der Waals surface area contributed by atoms with Crippen molar-refractivity contribution in [1.29, 1.82) is 0 Å². The van der Waals surface area contributed by atoms with Crippen LogP contribution in [0.4, 0.5) is 0 Å². The van der Waals surface area contributed by atoms with E-state index in [9.17, 15) is 5.11 Å². The molecule has 1 N–H and O–H groups in total. The average molecular weight is 375 g/mol. The van der Waals surface area contributed by atoms with E-state index in [-0.39, 0.29) is 0 Å². The predicted molar refractivity (Wildman–Crippen MR) is 106 cm³/mol. The fourth-order valence-corrected chi connectivity index (χ4v) is 8.90. The van der Waals surface area contributed by atoms with Crippen molar-refractivity contribution in [3.8, 4) is 0 Å². The maximum atomic E-state index is 10.6. The molecule has 0 bridgehead atoms. The molecule has 0 heterocycles. The van der Waals surface area contributed by atoms with Crippen LogP contribution in [0.3, 0.4) is 0 Å². The third kappa shape index (κ3) is 2.67. The van der Waals surface area contributed by atoms with Gasteiger partial charge in [-0.05, 0) is 111 Å². The first-order valence-corrected chi connectivity index (χ1v) is 11.6. The van der Waals surface area contributed by atoms with E-state index in [2.05, 4.69) is 13.0 Å². The van der Waals surface area contributed by atoms with E-state index in [1.807, 2.05) is 0 Å². The molecular weight excluding hydrogens is 336 g/mol. The summed E-state index contributed by atoms with van der Waals surface area (Å²) >= 11 is 0. The van der Waals surface area contributed by atoms with Gasteiger partial charge in [-0.1, -0.05) is 6.92 Å². The molecule has 0 aromatic heterocycles. The van der Waals surface area contributed by atoms with Crippen LogP contribution in [0, 0.1) is 40.4 Å². The summed E-state index contributed by atoms with van der Waals surface area (Å²) in [6.45, 7) is 3.08. The normalized spacial score (nSPS) is 51.6. The number of aliphatic hydroxyl groups is 1. The van der Waals surface area contributed by atoms with Gasteiger partial charge in [-0.2, -0.15) is 0 Å². The SMILES string of the molecule is COCO[C@@H]1CC[C@]2(C)C3CC[C@]45CCC=C(O)[C@H]4CCC5C3CC[C@H]2C1. The molecule has 0 aromatic rings. The van der Waals surface area contributed by atoms with E-state index < -0.39 is 0 Å². The van der Waals surface area contributed by atoms with Crippen molar-refractivity contribution in [2.75, 3.05) is 13.9 Å². The molecule has 4 fully saturated rings. The van der Waals surface area contributed by atoms with Crippen molar-refractivity contribution >= 4 is 0 Å². The molecule has 0 aliphatic heterocycles. The van der Waals surface area contributed by atoms with Crippen molar-refractivity contribution in [2.24, 2.45) is 40.4 Å². The van der Waals surface area contributed by atoms with Gasteiger partial charge in [0.15, 0.2) is 0 Å². The standard InChI is InChI=1S/C24H38O3/c1-23-12-9-17(27-15-26-2)14-16(23)5-6-18-19(23)10-13-24-11-3-4-22(25)21(24)8-7-20(18)24/h4,16-21,25H,3,5-15H2,1-2H3/t16-,17+,18?,19?,20?,21+,23-,24-/m0/s1. The van der Waals surface area contributed by atoms with Gasteiger partial charge >= 0.3 is 0 Å². The number of ether oxygens (including phenoxy) is 2. The lowest BCUT2D eigenvalue weighted by molar-refractivity contribution is -0.155. The van der Waals surface area contributed by atoms with Gasteiger partial charge in [-0.15, -0.1) is 0 Å². The van der Waals surface area contributed by atoms with E-state index in [0.29, 0.717) is 29.6 Å². The largest absolute Gasteiger partial charge is 0.512 e. The van der Waals surface area contributed by atoms with Crippen LogP contribution >= 0.6 is 0 Å². The van der Waals surface area contributed by atoms with Crippen molar-refractivity contribution in [1.82, 2.24) is 0 Å². The Kier molecular flexibility index (Phi) is 4.63. The Hall–Kier alpha value is -0.540. The zero-order valence-electron chi connectivity index (χ0n) is 17.3. The molecule has 8 atom stereocenters. The number of hydrogen-bond acceptors (Lipinski definition) is 3. The van der Waals surface area contributed by atoms with E-state index in [1.54, 1.807) is 7.11 Å². The highest BCUT2D eigenvalue weighted by molar-refractivity contribution is 5.18. The zero-order chi connectivity index (χ0) is 18.6. The molecule has 0 aromatic carbocycles. The van der Waals surface area contributed by atoms with Crippen LogP contribution in [-0.2, 0) is 9.47 Å². The second-order valence-corrected chi connectivity index (χ2v) is 10.7.